The van der Waals surface area contributed by atoms with E-state index >= 15 is 0 Å². The Morgan fingerprint density at radius 1 is 1.00 bits per heavy atom. The van der Waals surface area contributed by atoms with E-state index < -0.39 is 0 Å². The zero-order valence-corrected chi connectivity index (χ0v) is 12.5. The van der Waals surface area contributed by atoms with Crippen LogP contribution in [0.15, 0.2) is 0 Å². The molecule has 108 valence electrons. The minimum atomic E-state index is 0.417. The smallest absolute Gasteiger partial charge is 0.234 e. The van der Waals surface area contributed by atoms with Crippen molar-refractivity contribution >= 4 is 16.3 Å². The van der Waals surface area contributed by atoms with Crippen molar-refractivity contribution in [3.05, 3.63) is 10.8 Å². The number of hydrogen-bond donors (Lipinski definition) is 1. The molecule has 4 rings (SSSR count). The molecular weight excluding hydrogens is 270 g/mol. The van der Waals surface area contributed by atoms with Crippen molar-refractivity contribution in [2.45, 2.75) is 63.3 Å². The number of nitrogens with zero attached hydrogens (tertiary/aromatic N) is 4. The molecule has 0 bridgehead atoms. The van der Waals surface area contributed by atoms with Gasteiger partial charge in [-0.25, -0.2) is 0 Å². The molecule has 2 aromatic heterocycles. The molecule has 1 saturated carbocycles. The fraction of sp³-hybridized carbons (Fsp3) is 0.786. The molecule has 2 fully saturated rings. The predicted molar refractivity (Wildman–Crippen MR) is 79.1 cm³/mol. The first-order chi connectivity index (χ1) is 9.92. The first kappa shape index (κ1) is 12.7. The van der Waals surface area contributed by atoms with E-state index in [-0.39, 0.29) is 0 Å². The summed E-state index contributed by atoms with van der Waals surface area (Å²) in [4.78, 5) is 0.966. The van der Waals surface area contributed by atoms with Gasteiger partial charge in [-0.3, -0.25) is 0 Å². The van der Waals surface area contributed by atoms with Gasteiger partial charge in [0, 0.05) is 5.92 Å². The van der Waals surface area contributed by atoms with Crippen LogP contribution in [0, 0.1) is 0 Å². The molecule has 0 aromatic carbocycles. The second-order valence-corrected chi connectivity index (χ2v) is 7.02. The van der Waals surface area contributed by atoms with Crippen LogP contribution in [-0.4, -0.2) is 26.4 Å². The van der Waals surface area contributed by atoms with Crippen molar-refractivity contribution in [3.8, 4) is 0 Å². The topological polar surface area (TPSA) is 55.1 Å². The van der Waals surface area contributed by atoms with Gasteiger partial charge in [-0.2, -0.15) is 9.61 Å². The Balaban J connectivity index is 1.64. The summed E-state index contributed by atoms with van der Waals surface area (Å²) in [7, 11) is 0. The van der Waals surface area contributed by atoms with E-state index in [1.54, 1.807) is 11.3 Å². The summed E-state index contributed by atoms with van der Waals surface area (Å²) in [6.07, 6.45) is 10.2. The Hall–Kier alpha value is -1.01. The zero-order valence-electron chi connectivity index (χ0n) is 11.7. The minimum absolute atomic E-state index is 0.417. The molecule has 2 aromatic rings. The molecule has 0 spiro atoms. The largest absolute Gasteiger partial charge is 0.308 e. The number of hydrogen-bond acceptors (Lipinski definition) is 5. The van der Waals surface area contributed by atoms with Crippen LogP contribution in [0.4, 0.5) is 0 Å². The molecule has 1 saturated heterocycles. The molecule has 1 unspecified atom stereocenters. The summed E-state index contributed by atoms with van der Waals surface area (Å²) < 4.78 is 2.02. The maximum atomic E-state index is 4.83. The summed E-state index contributed by atoms with van der Waals surface area (Å²) in [6, 6.07) is 0.417. The molecule has 3 heterocycles. The highest BCUT2D eigenvalue weighted by Gasteiger charge is 2.25. The van der Waals surface area contributed by atoms with Crippen LogP contribution in [0.25, 0.3) is 4.96 Å². The SMILES string of the molecule is C1CCNC(c2nn3c(C4CCCC4)nnc3s2)CC1. The number of nitrogens with one attached hydrogen (secondary N) is 1. The lowest BCUT2D eigenvalue weighted by molar-refractivity contribution is 0.522. The normalized spacial score (nSPS) is 25.3. The molecule has 5 nitrogen and oxygen atoms in total. The maximum Gasteiger partial charge on any atom is 0.234 e. The summed E-state index contributed by atoms with van der Waals surface area (Å²) in [5.74, 6) is 1.66. The molecular formula is C14H21N5S. The Labute approximate surface area is 122 Å². The van der Waals surface area contributed by atoms with Gasteiger partial charge in [-0.1, -0.05) is 37.0 Å². The van der Waals surface area contributed by atoms with Crippen LogP contribution in [0.3, 0.4) is 0 Å². The third-order valence-corrected chi connectivity index (χ3v) is 5.62. The highest BCUT2D eigenvalue weighted by Crippen LogP contribution is 2.34. The van der Waals surface area contributed by atoms with E-state index in [0.29, 0.717) is 12.0 Å². The third-order valence-electron chi connectivity index (χ3n) is 4.61. The molecule has 0 radical (unpaired) electrons. The average Bonchev–Trinajstić information content (AvgIpc) is 3.12. The van der Waals surface area contributed by atoms with Crippen molar-refractivity contribution in [2.24, 2.45) is 0 Å². The fourth-order valence-corrected chi connectivity index (χ4v) is 4.42. The number of aromatic nitrogens is 4. The van der Waals surface area contributed by atoms with Crippen LogP contribution in [0.5, 0.6) is 0 Å². The Morgan fingerprint density at radius 3 is 2.75 bits per heavy atom. The number of fused-ring (bicyclic) bond motifs is 1. The van der Waals surface area contributed by atoms with Gasteiger partial charge >= 0.3 is 0 Å². The van der Waals surface area contributed by atoms with Crippen molar-refractivity contribution < 1.29 is 0 Å². The molecule has 1 aliphatic heterocycles. The van der Waals surface area contributed by atoms with Crippen LogP contribution in [0.1, 0.15) is 74.2 Å². The van der Waals surface area contributed by atoms with Gasteiger partial charge in [-0.15, -0.1) is 10.2 Å². The van der Waals surface area contributed by atoms with Gasteiger partial charge in [0.05, 0.1) is 6.04 Å². The lowest BCUT2D eigenvalue weighted by Crippen LogP contribution is -2.20. The van der Waals surface area contributed by atoms with E-state index in [2.05, 4.69) is 15.5 Å². The summed E-state index contributed by atoms with van der Waals surface area (Å²) in [6.45, 7) is 1.11. The molecule has 0 amide bonds. The predicted octanol–water partition coefficient (Wildman–Crippen LogP) is 3.05. The maximum absolute atomic E-state index is 4.83. The van der Waals surface area contributed by atoms with Gasteiger partial charge in [0.25, 0.3) is 0 Å². The molecule has 2 aliphatic rings. The summed E-state index contributed by atoms with van der Waals surface area (Å²) >= 11 is 1.71. The van der Waals surface area contributed by atoms with Gasteiger partial charge < -0.3 is 5.32 Å². The van der Waals surface area contributed by atoms with Crippen LogP contribution in [-0.2, 0) is 0 Å². The second kappa shape index (κ2) is 5.41. The van der Waals surface area contributed by atoms with E-state index in [1.165, 1.54) is 56.4 Å². The average molecular weight is 291 g/mol. The standard InChI is InChI=1S/C14H21N5S/c1-2-8-11(15-9-5-1)13-18-19-12(10-6-3-4-7-10)16-17-14(19)20-13/h10-11,15H,1-9H2. The first-order valence-electron chi connectivity index (χ1n) is 7.87. The highest BCUT2D eigenvalue weighted by atomic mass is 32.1. The summed E-state index contributed by atoms with van der Waals surface area (Å²) in [5, 5.41) is 18.4. The number of rotatable bonds is 2. The lowest BCUT2D eigenvalue weighted by atomic mass is 10.1. The van der Waals surface area contributed by atoms with E-state index in [9.17, 15) is 0 Å². The van der Waals surface area contributed by atoms with E-state index in [4.69, 9.17) is 5.10 Å². The van der Waals surface area contributed by atoms with E-state index in [0.717, 1.165) is 17.3 Å². The Kier molecular flexibility index (Phi) is 3.44. The third kappa shape index (κ3) is 2.24. The van der Waals surface area contributed by atoms with Crippen molar-refractivity contribution in [3.63, 3.8) is 0 Å². The van der Waals surface area contributed by atoms with E-state index in [1.807, 2.05) is 4.52 Å². The first-order valence-corrected chi connectivity index (χ1v) is 8.69. The molecule has 1 atom stereocenters. The van der Waals surface area contributed by atoms with Gasteiger partial charge in [0.1, 0.15) is 5.01 Å². The molecule has 1 aliphatic carbocycles. The zero-order chi connectivity index (χ0) is 13.4. The van der Waals surface area contributed by atoms with Gasteiger partial charge in [0.15, 0.2) is 5.82 Å². The van der Waals surface area contributed by atoms with Gasteiger partial charge in [-0.05, 0) is 32.2 Å². The fourth-order valence-electron chi connectivity index (χ4n) is 3.47. The monoisotopic (exact) mass is 291 g/mol. The second-order valence-electron chi connectivity index (χ2n) is 6.03. The highest BCUT2D eigenvalue weighted by molar-refractivity contribution is 7.16. The quantitative estimate of drug-likeness (QED) is 0.924. The Bertz CT molecular complexity index is 575. The Morgan fingerprint density at radius 2 is 1.85 bits per heavy atom. The van der Waals surface area contributed by atoms with Gasteiger partial charge in [0.2, 0.25) is 4.96 Å². The van der Waals surface area contributed by atoms with Crippen LogP contribution < -0.4 is 5.32 Å². The molecule has 20 heavy (non-hydrogen) atoms. The van der Waals surface area contributed by atoms with Crippen molar-refractivity contribution in [2.75, 3.05) is 6.54 Å². The van der Waals surface area contributed by atoms with Crippen molar-refractivity contribution in [1.82, 2.24) is 25.1 Å². The van der Waals surface area contributed by atoms with Crippen LogP contribution in [0.2, 0.25) is 0 Å². The molecule has 1 N–H and O–H groups in total. The lowest BCUT2D eigenvalue weighted by Gasteiger charge is -2.11. The van der Waals surface area contributed by atoms with Crippen molar-refractivity contribution in [1.29, 1.82) is 0 Å². The molecule has 6 heteroatoms. The summed E-state index contributed by atoms with van der Waals surface area (Å²) in [5.41, 5.74) is 0. The minimum Gasteiger partial charge on any atom is -0.308 e. The van der Waals surface area contributed by atoms with Crippen LogP contribution >= 0.6 is 11.3 Å².